The van der Waals surface area contributed by atoms with E-state index in [0.717, 1.165) is 13.1 Å². The minimum absolute atomic E-state index is 0.606. The molecule has 0 amide bonds. The summed E-state index contributed by atoms with van der Waals surface area (Å²) in [5.41, 5.74) is 9.06. The number of rotatable bonds is 1. The Kier molecular flexibility index (Phi) is 1.87. The third kappa shape index (κ3) is 1.23. The highest BCUT2D eigenvalue weighted by Gasteiger charge is 2.06. The molecule has 64 valence electrons. The molecule has 0 atom stereocenters. The topological polar surface area (TPSA) is 50.1 Å². The molecule has 1 aliphatic rings. The van der Waals surface area contributed by atoms with Crippen LogP contribution in [0, 0.1) is 0 Å². The first-order valence-electron chi connectivity index (χ1n) is 4.21. The zero-order valence-corrected chi connectivity index (χ0v) is 6.93. The van der Waals surface area contributed by atoms with E-state index in [4.69, 9.17) is 5.73 Å². The van der Waals surface area contributed by atoms with E-state index in [1.165, 1.54) is 16.9 Å². The molecule has 12 heavy (non-hydrogen) atoms. The van der Waals surface area contributed by atoms with E-state index in [1.54, 1.807) is 0 Å². The largest absolute Gasteiger partial charge is 0.382 e. The molecule has 0 aliphatic carbocycles. The van der Waals surface area contributed by atoms with Crippen LogP contribution in [0.4, 0.5) is 11.4 Å². The van der Waals surface area contributed by atoms with Crippen LogP contribution in [0.1, 0.15) is 5.56 Å². The van der Waals surface area contributed by atoms with Crippen molar-refractivity contribution in [3.8, 4) is 0 Å². The summed E-state index contributed by atoms with van der Waals surface area (Å²) >= 11 is 0. The fourth-order valence-corrected chi connectivity index (χ4v) is 1.41. The summed E-state index contributed by atoms with van der Waals surface area (Å²) in [6, 6.07) is 6.23. The molecule has 0 saturated carbocycles. The van der Waals surface area contributed by atoms with Crippen LogP contribution < -0.4 is 16.4 Å². The summed E-state index contributed by atoms with van der Waals surface area (Å²) in [5, 5.41) is 6.63. The Morgan fingerprint density at radius 1 is 1.17 bits per heavy atom. The second kappa shape index (κ2) is 3.03. The van der Waals surface area contributed by atoms with Crippen LogP contribution in [0.2, 0.25) is 0 Å². The summed E-state index contributed by atoms with van der Waals surface area (Å²) in [6.45, 7) is 2.59. The van der Waals surface area contributed by atoms with Gasteiger partial charge in [-0.25, -0.2) is 0 Å². The monoisotopic (exact) mass is 163 g/mol. The van der Waals surface area contributed by atoms with E-state index in [2.05, 4.69) is 28.8 Å². The second-order valence-corrected chi connectivity index (χ2v) is 2.94. The van der Waals surface area contributed by atoms with Gasteiger partial charge in [-0.05, 0) is 17.7 Å². The number of fused-ring (bicyclic) bond motifs is 1. The molecule has 0 aromatic heterocycles. The van der Waals surface area contributed by atoms with Gasteiger partial charge in [0.15, 0.2) is 0 Å². The predicted octanol–water partition coefficient (Wildman–Crippen LogP) is 0.983. The van der Waals surface area contributed by atoms with Crippen molar-refractivity contribution in [2.75, 3.05) is 23.7 Å². The molecule has 1 aromatic rings. The Labute approximate surface area is 72.0 Å². The minimum Gasteiger partial charge on any atom is -0.382 e. The Morgan fingerprint density at radius 3 is 2.67 bits per heavy atom. The highest BCUT2D eigenvalue weighted by atomic mass is 15.0. The van der Waals surface area contributed by atoms with E-state index in [1.807, 2.05) is 0 Å². The maximum absolute atomic E-state index is 5.53. The normalized spacial score (nSPS) is 14.4. The molecule has 1 heterocycles. The third-order valence-electron chi connectivity index (χ3n) is 2.08. The second-order valence-electron chi connectivity index (χ2n) is 2.94. The molecule has 1 aromatic carbocycles. The Bertz CT molecular complexity index is 283. The third-order valence-corrected chi connectivity index (χ3v) is 2.08. The van der Waals surface area contributed by atoms with E-state index < -0.39 is 0 Å². The lowest BCUT2D eigenvalue weighted by Crippen LogP contribution is -2.20. The van der Waals surface area contributed by atoms with Gasteiger partial charge in [0.2, 0.25) is 0 Å². The van der Waals surface area contributed by atoms with Crippen LogP contribution in [0.15, 0.2) is 18.2 Å². The number of anilines is 2. The standard InChI is InChI=1S/C9H13N3/c10-6-7-1-2-8-9(5-7)12-4-3-11-8/h1-2,5,11-12H,3-4,6,10H2. The smallest absolute Gasteiger partial charge is 0.0579 e. The van der Waals surface area contributed by atoms with Gasteiger partial charge in [-0.3, -0.25) is 0 Å². The lowest BCUT2D eigenvalue weighted by molar-refractivity contribution is 1.03. The van der Waals surface area contributed by atoms with Gasteiger partial charge in [0, 0.05) is 19.6 Å². The molecule has 0 unspecified atom stereocenters. The molecule has 3 heteroatoms. The summed E-state index contributed by atoms with van der Waals surface area (Å²) in [5.74, 6) is 0. The van der Waals surface area contributed by atoms with Gasteiger partial charge in [-0.1, -0.05) is 6.07 Å². The number of benzene rings is 1. The van der Waals surface area contributed by atoms with Crippen LogP contribution in [-0.4, -0.2) is 13.1 Å². The summed E-state index contributed by atoms with van der Waals surface area (Å²) in [6.07, 6.45) is 0. The Morgan fingerprint density at radius 2 is 1.92 bits per heavy atom. The number of nitrogens with two attached hydrogens (primary N) is 1. The van der Waals surface area contributed by atoms with E-state index in [-0.39, 0.29) is 0 Å². The van der Waals surface area contributed by atoms with Gasteiger partial charge >= 0.3 is 0 Å². The van der Waals surface area contributed by atoms with Crippen LogP contribution in [0.3, 0.4) is 0 Å². The fourth-order valence-electron chi connectivity index (χ4n) is 1.41. The lowest BCUT2D eigenvalue weighted by Gasteiger charge is -2.20. The fraction of sp³-hybridized carbons (Fsp3) is 0.333. The highest BCUT2D eigenvalue weighted by Crippen LogP contribution is 2.24. The van der Waals surface area contributed by atoms with Crippen molar-refractivity contribution in [3.05, 3.63) is 23.8 Å². The van der Waals surface area contributed by atoms with Crippen molar-refractivity contribution in [2.45, 2.75) is 6.54 Å². The lowest BCUT2D eigenvalue weighted by atomic mass is 10.1. The Hall–Kier alpha value is -1.22. The van der Waals surface area contributed by atoms with Crippen LogP contribution in [-0.2, 0) is 6.54 Å². The number of hydrogen-bond acceptors (Lipinski definition) is 3. The molecule has 0 radical (unpaired) electrons. The minimum atomic E-state index is 0.606. The van der Waals surface area contributed by atoms with E-state index in [0.29, 0.717) is 6.54 Å². The van der Waals surface area contributed by atoms with Crippen molar-refractivity contribution in [1.82, 2.24) is 0 Å². The number of hydrogen-bond donors (Lipinski definition) is 3. The SMILES string of the molecule is NCc1ccc2c(c1)NCCN2. The maximum Gasteiger partial charge on any atom is 0.0579 e. The summed E-state index contributed by atoms with van der Waals surface area (Å²) in [4.78, 5) is 0. The molecule has 0 bridgehead atoms. The van der Waals surface area contributed by atoms with Gasteiger partial charge < -0.3 is 16.4 Å². The summed E-state index contributed by atoms with van der Waals surface area (Å²) < 4.78 is 0. The van der Waals surface area contributed by atoms with Gasteiger partial charge in [0.1, 0.15) is 0 Å². The highest BCUT2D eigenvalue weighted by molar-refractivity contribution is 5.71. The van der Waals surface area contributed by atoms with Gasteiger partial charge in [0.05, 0.1) is 11.4 Å². The first-order valence-corrected chi connectivity index (χ1v) is 4.21. The molecule has 3 nitrogen and oxygen atoms in total. The zero-order chi connectivity index (χ0) is 8.39. The molecular weight excluding hydrogens is 150 g/mol. The maximum atomic E-state index is 5.53. The van der Waals surface area contributed by atoms with E-state index in [9.17, 15) is 0 Å². The average molecular weight is 163 g/mol. The molecule has 4 N–H and O–H groups in total. The first-order chi connectivity index (χ1) is 5.90. The van der Waals surface area contributed by atoms with Crippen molar-refractivity contribution >= 4 is 11.4 Å². The molecule has 2 rings (SSSR count). The van der Waals surface area contributed by atoms with Crippen LogP contribution in [0.5, 0.6) is 0 Å². The first kappa shape index (κ1) is 7.43. The molecule has 0 saturated heterocycles. The zero-order valence-electron chi connectivity index (χ0n) is 6.93. The van der Waals surface area contributed by atoms with Crippen LogP contribution in [0.25, 0.3) is 0 Å². The van der Waals surface area contributed by atoms with Crippen molar-refractivity contribution in [2.24, 2.45) is 5.73 Å². The average Bonchev–Trinajstić information content (AvgIpc) is 2.17. The summed E-state index contributed by atoms with van der Waals surface area (Å²) in [7, 11) is 0. The molecule has 1 aliphatic heterocycles. The predicted molar refractivity (Wildman–Crippen MR) is 51.3 cm³/mol. The Balaban J connectivity index is 2.36. The van der Waals surface area contributed by atoms with Crippen LogP contribution >= 0.6 is 0 Å². The molecular formula is C9H13N3. The van der Waals surface area contributed by atoms with Crippen molar-refractivity contribution < 1.29 is 0 Å². The van der Waals surface area contributed by atoms with E-state index >= 15 is 0 Å². The van der Waals surface area contributed by atoms with Gasteiger partial charge in [0.25, 0.3) is 0 Å². The van der Waals surface area contributed by atoms with Gasteiger partial charge in [-0.15, -0.1) is 0 Å². The molecule has 0 fully saturated rings. The molecule has 0 spiro atoms. The number of nitrogens with one attached hydrogen (secondary N) is 2. The van der Waals surface area contributed by atoms with Crippen molar-refractivity contribution in [3.63, 3.8) is 0 Å². The van der Waals surface area contributed by atoms with Crippen molar-refractivity contribution in [1.29, 1.82) is 0 Å². The quantitative estimate of drug-likeness (QED) is 0.578. The van der Waals surface area contributed by atoms with Gasteiger partial charge in [-0.2, -0.15) is 0 Å².